The van der Waals surface area contributed by atoms with Crippen LogP contribution in [0.5, 0.6) is 0 Å². The maximum Gasteiger partial charge on any atom is 0.354 e. The van der Waals surface area contributed by atoms with Crippen LogP contribution >= 0.6 is 24.0 Å². The van der Waals surface area contributed by atoms with Crippen LogP contribution in [0.1, 0.15) is 21.8 Å². The summed E-state index contributed by atoms with van der Waals surface area (Å²) in [5, 5.41) is 8.92. The van der Waals surface area contributed by atoms with E-state index in [0.717, 1.165) is 5.56 Å². The molecule has 1 aromatic carbocycles. The van der Waals surface area contributed by atoms with Gasteiger partial charge in [0.25, 0.3) is 5.91 Å². The molecule has 2 aromatic heterocycles. The van der Waals surface area contributed by atoms with Gasteiger partial charge in [-0.2, -0.15) is 0 Å². The van der Waals surface area contributed by atoms with Crippen LogP contribution in [0.4, 0.5) is 4.39 Å². The first-order valence-electron chi connectivity index (χ1n) is 8.70. The molecular weight excluding hydrogens is 427 g/mol. The lowest BCUT2D eigenvalue weighted by molar-refractivity contribution is -0.122. The van der Waals surface area contributed by atoms with Crippen molar-refractivity contribution in [3.63, 3.8) is 0 Å². The van der Waals surface area contributed by atoms with Gasteiger partial charge in [0.1, 0.15) is 27.4 Å². The number of benzene rings is 1. The fourth-order valence-electron chi connectivity index (χ4n) is 2.79. The van der Waals surface area contributed by atoms with Crippen LogP contribution in [-0.2, 0) is 11.3 Å². The summed E-state index contributed by atoms with van der Waals surface area (Å²) >= 11 is 6.48. The number of hydrogen-bond acceptors (Lipinski definition) is 6. The number of hydrogen-bond donors (Lipinski definition) is 1. The molecule has 1 N–H and O–H groups in total. The van der Waals surface area contributed by atoms with Gasteiger partial charge in [-0.15, -0.1) is 0 Å². The van der Waals surface area contributed by atoms with Gasteiger partial charge in [0.2, 0.25) is 0 Å². The Hall–Kier alpha value is -3.30. The van der Waals surface area contributed by atoms with E-state index < -0.39 is 5.97 Å². The number of halogens is 1. The third-order valence-corrected chi connectivity index (χ3v) is 5.67. The highest BCUT2D eigenvalue weighted by atomic mass is 32.2. The Kier molecular flexibility index (Phi) is 5.47. The Morgan fingerprint density at radius 3 is 2.63 bits per heavy atom. The van der Waals surface area contributed by atoms with Crippen molar-refractivity contribution >= 4 is 46.3 Å². The molecule has 1 fully saturated rings. The van der Waals surface area contributed by atoms with E-state index in [9.17, 15) is 14.0 Å². The van der Waals surface area contributed by atoms with E-state index in [4.69, 9.17) is 21.7 Å². The highest BCUT2D eigenvalue weighted by molar-refractivity contribution is 8.26. The third-order valence-electron chi connectivity index (χ3n) is 4.29. The minimum absolute atomic E-state index is 0.0599. The van der Waals surface area contributed by atoms with E-state index in [1.165, 1.54) is 41.1 Å². The zero-order valence-electron chi connectivity index (χ0n) is 15.2. The van der Waals surface area contributed by atoms with Crippen LogP contribution in [0.2, 0.25) is 0 Å². The van der Waals surface area contributed by atoms with Gasteiger partial charge >= 0.3 is 5.97 Å². The predicted octanol–water partition coefficient (Wildman–Crippen LogP) is 4.58. The highest BCUT2D eigenvalue weighted by Gasteiger charge is 2.32. The number of thiocarbonyl (C=S) groups is 1. The van der Waals surface area contributed by atoms with Crippen molar-refractivity contribution in [1.82, 2.24) is 9.88 Å². The summed E-state index contributed by atoms with van der Waals surface area (Å²) in [5.41, 5.74) is 1.32. The summed E-state index contributed by atoms with van der Waals surface area (Å²) in [6.07, 6.45) is 3.01. The summed E-state index contributed by atoms with van der Waals surface area (Å²) in [5.74, 6) is -0.753. The lowest BCUT2D eigenvalue weighted by Crippen LogP contribution is -2.27. The number of carbonyl (C=O) groups excluding carboxylic acids is 1. The smallest absolute Gasteiger partial charge is 0.354 e. The summed E-state index contributed by atoms with van der Waals surface area (Å²) < 4.78 is 19.2. The molecule has 6 nitrogen and oxygen atoms in total. The topological polar surface area (TPSA) is 83.6 Å². The lowest BCUT2D eigenvalue weighted by Gasteiger charge is -2.14. The Labute approximate surface area is 180 Å². The first-order chi connectivity index (χ1) is 14.4. The fourth-order valence-corrected chi connectivity index (χ4v) is 4.02. The van der Waals surface area contributed by atoms with Gasteiger partial charge in [-0.25, -0.2) is 14.2 Å². The minimum atomic E-state index is -1.11. The van der Waals surface area contributed by atoms with Crippen LogP contribution in [0.25, 0.3) is 17.4 Å². The molecule has 1 aliphatic heterocycles. The maximum atomic E-state index is 13.1. The van der Waals surface area contributed by atoms with Gasteiger partial charge in [-0.05, 0) is 42.0 Å². The first-order valence-corrected chi connectivity index (χ1v) is 9.92. The number of carbonyl (C=O) groups is 2. The van der Waals surface area contributed by atoms with Crippen molar-refractivity contribution in [1.29, 1.82) is 0 Å². The van der Waals surface area contributed by atoms with Crippen LogP contribution < -0.4 is 0 Å². The number of rotatable bonds is 5. The Bertz CT molecular complexity index is 1170. The standard InChI is InChI=1S/C21H13FN2O4S2/c22-14-4-1-12(2-5-14)11-24-19(25)18(30-21(24)29)9-15-6-8-17(28-15)13-3-7-16(20(26)27)23-10-13/h1-10H,11H2,(H,26,27). The summed E-state index contributed by atoms with van der Waals surface area (Å²) in [6.45, 7) is 0.257. The minimum Gasteiger partial charge on any atom is -0.477 e. The zero-order valence-corrected chi connectivity index (χ0v) is 16.9. The SMILES string of the molecule is O=C(O)c1ccc(-c2ccc(C=C3SC(=S)N(Cc4ccc(F)cc4)C3=O)o2)cn1. The predicted molar refractivity (Wildman–Crippen MR) is 114 cm³/mol. The highest BCUT2D eigenvalue weighted by Crippen LogP contribution is 2.34. The van der Waals surface area contributed by atoms with E-state index >= 15 is 0 Å². The van der Waals surface area contributed by atoms with Crippen molar-refractivity contribution in [2.24, 2.45) is 0 Å². The monoisotopic (exact) mass is 440 g/mol. The molecule has 150 valence electrons. The first kappa shape index (κ1) is 20.0. The Balaban J connectivity index is 1.51. The summed E-state index contributed by atoms with van der Waals surface area (Å²) in [6, 6.07) is 12.3. The fraction of sp³-hybridized carbons (Fsp3) is 0.0476. The molecule has 0 radical (unpaired) electrons. The molecule has 0 unspecified atom stereocenters. The van der Waals surface area contributed by atoms with Crippen molar-refractivity contribution in [3.8, 4) is 11.3 Å². The number of pyridine rings is 1. The second-order valence-corrected chi connectivity index (χ2v) is 8.01. The molecule has 4 rings (SSSR count). The van der Waals surface area contributed by atoms with Gasteiger partial charge in [0, 0.05) is 17.8 Å². The van der Waals surface area contributed by atoms with Crippen LogP contribution in [0, 0.1) is 5.82 Å². The molecule has 1 saturated heterocycles. The molecule has 0 spiro atoms. The molecule has 3 aromatic rings. The normalized spacial score (nSPS) is 15.2. The van der Waals surface area contributed by atoms with Crippen LogP contribution in [-0.4, -0.2) is 31.2 Å². The molecule has 3 heterocycles. The van der Waals surface area contributed by atoms with E-state index in [0.29, 0.717) is 26.3 Å². The molecule has 9 heteroatoms. The maximum absolute atomic E-state index is 13.1. The van der Waals surface area contributed by atoms with E-state index in [1.54, 1.807) is 36.4 Å². The quantitative estimate of drug-likeness (QED) is 0.459. The molecular formula is C21H13FN2O4S2. The number of amides is 1. The molecule has 0 atom stereocenters. The Morgan fingerprint density at radius 2 is 1.97 bits per heavy atom. The van der Waals surface area contributed by atoms with Crippen molar-refractivity contribution < 1.29 is 23.5 Å². The number of nitrogens with zero attached hydrogens (tertiary/aromatic N) is 2. The van der Waals surface area contributed by atoms with Crippen molar-refractivity contribution in [3.05, 3.63) is 82.5 Å². The van der Waals surface area contributed by atoms with Gasteiger partial charge < -0.3 is 9.52 Å². The van der Waals surface area contributed by atoms with E-state index in [2.05, 4.69) is 4.98 Å². The number of carboxylic acids is 1. The third kappa shape index (κ3) is 4.17. The number of aromatic carboxylic acids is 1. The zero-order chi connectivity index (χ0) is 21.3. The lowest BCUT2D eigenvalue weighted by atomic mass is 10.2. The number of carboxylic acid groups (broad SMARTS) is 1. The van der Waals surface area contributed by atoms with Crippen molar-refractivity contribution in [2.45, 2.75) is 6.54 Å². The average molecular weight is 440 g/mol. The number of aromatic nitrogens is 1. The van der Waals surface area contributed by atoms with Crippen LogP contribution in [0.15, 0.2) is 64.1 Å². The number of thioether (sulfide) groups is 1. The molecule has 0 aliphatic carbocycles. The van der Waals surface area contributed by atoms with Crippen LogP contribution in [0.3, 0.4) is 0 Å². The van der Waals surface area contributed by atoms with Gasteiger partial charge in [-0.1, -0.05) is 36.1 Å². The summed E-state index contributed by atoms with van der Waals surface area (Å²) in [7, 11) is 0. The van der Waals surface area contributed by atoms with Gasteiger partial charge in [0.15, 0.2) is 0 Å². The average Bonchev–Trinajstić information content (AvgIpc) is 3.30. The molecule has 0 saturated carbocycles. The number of furan rings is 1. The molecule has 30 heavy (non-hydrogen) atoms. The summed E-state index contributed by atoms with van der Waals surface area (Å²) in [4.78, 5) is 29.4. The van der Waals surface area contributed by atoms with Crippen molar-refractivity contribution in [2.75, 3.05) is 0 Å². The van der Waals surface area contributed by atoms with E-state index in [-0.39, 0.29) is 24.0 Å². The van der Waals surface area contributed by atoms with E-state index in [1.807, 2.05) is 0 Å². The Morgan fingerprint density at radius 1 is 1.20 bits per heavy atom. The second kappa shape index (κ2) is 8.21. The molecule has 1 aliphatic rings. The molecule has 1 amide bonds. The van der Waals surface area contributed by atoms with Gasteiger partial charge in [-0.3, -0.25) is 9.69 Å². The molecule has 0 bridgehead atoms. The second-order valence-electron chi connectivity index (χ2n) is 6.33. The largest absolute Gasteiger partial charge is 0.477 e. The van der Waals surface area contributed by atoms with Gasteiger partial charge in [0.05, 0.1) is 11.4 Å².